The van der Waals surface area contributed by atoms with Gasteiger partial charge in [0.25, 0.3) is 0 Å². The molecule has 1 saturated heterocycles. The number of fused-ring (bicyclic) bond motifs is 3. The first kappa shape index (κ1) is 25.9. The number of methoxy groups -OCH3 is 2. The molecule has 1 aliphatic carbocycles. The van der Waals surface area contributed by atoms with Gasteiger partial charge < -0.3 is 28.8 Å². The number of hydrogen-bond acceptors (Lipinski definition) is 9. The van der Waals surface area contributed by atoms with E-state index in [-0.39, 0.29) is 30.6 Å². The van der Waals surface area contributed by atoms with Gasteiger partial charge in [-0.25, -0.2) is 4.79 Å². The van der Waals surface area contributed by atoms with Gasteiger partial charge in [-0.05, 0) is 73.9 Å². The summed E-state index contributed by atoms with van der Waals surface area (Å²) in [6.07, 6.45) is 4.26. The monoisotopic (exact) mass is 515 g/mol. The van der Waals surface area contributed by atoms with Crippen molar-refractivity contribution in [3.8, 4) is 11.5 Å². The van der Waals surface area contributed by atoms with Crippen LogP contribution in [0.4, 0.5) is 0 Å². The third kappa shape index (κ3) is 4.46. The van der Waals surface area contributed by atoms with Gasteiger partial charge in [-0.2, -0.15) is 0 Å². The zero-order chi connectivity index (χ0) is 26.4. The first-order valence-corrected chi connectivity index (χ1v) is 13.2. The molecule has 37 heavy (non-hydrogen) atoms. The summed E-state index contributed by atoms with van der Waals surface area (Å²) in [6, 6.07) is 4.05. The Kier molecular flexibility index (Phi) is 6.87. The van der Waals surface area contributed by atoms with Crippen molar-refractivity contribution in [1.29, 1.82) is 0 Å². The Hall–Kier alpha value is -2.78. The molecule has 3 heterocycles. The first-order chi connectivity index (χ1) is 17.7. The lowest BCUT2D eigenvalue weighted by Crippen LogP contribution is -2.49. The summed E-state index contributed by atoms with van der Waals surface area (Å²) < 4.78 is 28.1. The van der Waals surface area contributed by atoms with E-state index in [1.54, 1.807) is 7.11 Å². The van der Waals surface area contributed by atoms with E-state index >= 15 is 0 Å². The lowest BCUT2D eigenvalue weighted by molar-refractivity contribution is -0.178. The van der Waals surface area contributed by atoms with Gasteiger partial charge in [0.2, 0.25) is 6.79 Å². The molecule has 4 aliphatic rings. The van der Waals surface area contributed by atoms with Gasteiger partial charge in [0, 0.05) is 6.54 Å². The zero-order valence-electron chi connectivity index (χ0n) is 22.1. The Morgan fingerprint density at radius 2 is 1.97 bits per heavy atom. The molecule has 1 aromatic carbocycles. The van der Waals surface area contributed by atoms with Crippen LogP contribution in [-0.2, 0) is 30.2 Å². The Balaban J connectivity index is 1.54. The van der Waals surface area contributed by atoms with Crippen LogP contribution >= 0.6 is 0 Å². The molecular weight excluding hydrogens is 478 g/mol. The zero-order valence-corrected chi connectivity index (χ0v) is 22.1. The highest BCUT2D eigenvalue weighted by Crippen LogP contribution is 2.55. The molecule has 1 N–H and O–H groups in total. The topological polar surface area (TPSA) is 104 Å². The molecule has 5 rings (SSSR count). The van der Waals surface area contributed by atoms with Gasteiger partial charge >= 0.3 is 11.9 Å². The van der Waals surface area contributed by atoms with E-state index < -0.39 is 30.1 Å². The van der Waals surface area contributed by atoms with Crippen LogP contribution < -0.4 is 9.47 Å². The summed E-state index contributed by atoms with van der Waals surface area (Å²) >= 11 is 0. The second kappa shape index (κ2) is 9.83. The average Bonchev–Trinajstić information content (AvgIpc) is 3.56. The normalized spacial score (nSPS) is 27.5. The largest absolute Gasteiger partial charge is 0.497 e. The number of ether oxygens (including phenoxy) is 5. The lowest BCUT2D eigenvalue weighted by Gasteiger charge is -2.39. The van der Waals surface area contributed by atoms with E-state index in [1.807, 2.05) is 26.0 Å². The van der Waals surface area contributed by atoms with Gasteiger partial charge in [-0.3, -0.25) is 9.69 Å². The fourth-order valence-electron chi connectivity index (χ4n) is 6.42. The SMILES string of the molecule is COC(=O)C[C@](O)(CCC(C)C)C(=O)OC1C(OC)=C[C@]23CCCN2CCc2cc4c(cc2C13)OCO4. The molecule has 1 aromatic rings. The highest BCUT2D eigenvalue weighted by Gasteiger charge is 2.59. The molecule has 0 amide bonds. The van der Waals surface area contributed by atoms with Crippen LogP contribution in [0.2, 0.25) is 0 Å². The Morgan fingerprint density at radius 3 is 2.68 bits per heavy atom. The third-order valence-electron chi connectivity index (χ3n) is 8.38. The van der Waals surface area contributed by atoms with E-state index in [9.17, 15) is 14.7 Å². The smallest absolute Gasteiger partial charge is 0.339 e. The van der Waals surface area contributed by atoms with Crippen LogP contribution in [0.3, 0.4) is 0 Å². The average molecular weight is 516 g/mol. The highest BCUT2D eigenvalue weighted by atomic mass is 16.7. The maximum absolute atomic E-state index is 13.7. The maximum atomic E-state index is 13.7. The van der Waals surface area contributed by atoms with Crippen LogP contribution in [0, 0.1) is 5.92 Å². The van der Waals surface area contributed by atoms with Crippen molar-refractivity contribution < 1.29 is 38.4 Å². The van der Waals surface area contributed by atoms with Crippen LogP contribution in [0.15, 0.2) is 24.0 Å². The number of hydrogen-bond donors (Lipinski definition) is 1. The molecule has 9 heteroatoms. The molecule has 1 fully saturated rings. The molecule has 4 atom stereocenters. The quantitative estimate of drug-likeness (QED) is 0.523. The van der Waals surface area contributed by atoms with Crippen molar-refractivity contribution in [3.05, 3.63) is 35.1 Å². The van der Waals surface area contributed by atoms with Gasteiger partial charge in [0.05, 0.1) is 32.1 Å². The summed E-state index contributed by atoms with van der Waals surface area (Å²) in [6.45, 7) is 5.97. The molecule has 1 spiro atoms. The van der Waals surface area contributed by atoms with Crippen molar-refractivity contribution in [2.45, 2.75) is 75.5 Å². The van der Waals surface area contributed by atoms with Crippen LogP contribution in [0.25, 0.3) is 0 Å². The van der Waals surface area contributed by atoms with E-state index in [1.165, 1.54) is 7.11 Å². The summed E-state index contributed by atoms with van der Waals surface area (Å²) in [4.78, 5) is 28.3. The number of carbonyl (C=O) groups excluding carboxylic acids is 2. The number of nitrogens with zero attached hydrogens (tertiary/aromatic N) is 1. The van der Waals surface area contributed by atoms with Crippen LogP contribution in [0.1, 0.15) is 63.0 Å². The minimum Gasteiger partial charge on any atom is -0.497 e. The Bertz CT molecular complexity index is 1100. The van der Waals surface area contributed by atoms with Crippen LogP contribution in [0.5, 0.6) is 11.5 Å². The predicted molar refractivity (Wildman–Crippen MR) is 133 cm³/mol. The third-order valence-corrected chi connectivity index (χ3v) is 8.38. The molecule has 0 bridgehead atoms. The standard InChI is InChI=1S/C28H37NO8/c1-17(2)6-9-28(32,15-23(30)34-4)26(31)37-25-22(33-3)14-27-8-5-10-29(27)11-7-18-12-20-21(36-16-35-20)13-19(18)24(25)27/h12-14,17,24-25,32H,5-11,15-16H2,1-4H3/t24?,25?,27-,28+/m0/s1. The molecule has 0 saturated carbocycles. The summed E-state index contributed by atoms with van der Waals surface area (Å²) in [5.74, 6) is 0.431. The van der Waals surface area contributed by atoms with E-state index in [4.69, 9.17) is 23.7 Å². The van der Waals surface area contributed by atoms with Crippen molar-refractivity contribution in [2.24, 2.45) is 5.92 Å². The fourth-order valence-corrected chi connectivity index (χ4v) is 6.42. The number of esters is 2. The Morgan fingerprint density at radius 1 is 1.22 bits per heavy atom. The van der Waals surface area contributed by atoms with Gasteiger partial charge in [-0.15, -0.1) is 0 Å². The van der Waals surface area contributed by atoms with Gasteiger partial charge in [0.15, 0.2) is 23.2 Å². The maximum Gasteiger partial charge on any atom is 0.339 e. The lowest BCUT2D eigenvalue weighted by atomic mass is 9.77. The van der Waals surface area contributed by atoms with Crippen molar-refractivity contribution in [3.63, 3.8) is 0 Å². The molecular formula is C28H37NO8. The summed E-state index contributed by atoms with van der Waals surface area (Å²) in [5.41, 5.74) is -0.217. The van der Waals surface area contributed by atoms with Crippen LogP contribution in [-0.4, -0.2) is 73.3 Å². The predicted octanol–water partition coefficient (Wildman–Crippen LogP) is 3.08. The van der Waals surface area contributed by atoms with E-state index in [0.717, 1.165) is 49.2 Å². The molecule has 0 radical (unpaired) electrons. The molecule has 3 aliphatic heterocycles. The minimum atomic E-state index is -2.00. The molecule has 9 nitrogen and oxygen atoms in total. The van der Waals surface area contributed by atoms with E-state index in [0.29, 0.717) is 17.9 Å². The summed E-state index contributed by atoms with van der Waals surface area (Å²) in [7, 11) is 2.82. The number of rotatable bonds is 8. The molecule has 2 unspecified atom stereocenters. The number of aliphatic hydroxyl groups is 1. The Labute approximate surface area is 217 Å². The number of benzene rings is 1. The highest BCUT2D eigenvalue weighted by molar-refractivity contribution is 5.86. The van der Waals surface area contributed by atoms with Gasteiger partial charge in [0.1, 0.15) is 5.76 Å². The second-order valence-electron chi connectivity index (χ2n) is 11.0. The second-order valence-corrected chi connectivity index (χ2v) is 11.0. The minimum absolute atomic E-state index is 0.0918. The number of carbonyl (C=O) groups is 2. The molecule has 0 aromatic heterocycles. The molecule has 202 valence electrons. The van der Waals surface area contributed by atoms with Crippen molar-refractivity contribution in [2.75, 3.05) is 34.1 Å². The fraction of sp³-hybridized carbons (Fsp3) is 0.643. The van der Waals surface area contributed by atoms with Crippen molar-refractivity contribution >= 4 is 11.9 Å². The van der Waals surface area contributed by atoms with E-state index in [2.05, 4.69) is 11.0 Å². The first-order valence-electron chi connectivity index (χ1n) is 13.2. The van der Waals surface area contributed by atoms with Gasteiger partial charge in [-0.1, -0.05) is 13.8 Å². The van der Waals surface area contributed by atoms with Crippen molar-refractivity contribution in [1.82, 2.24) is 4.90 Å². The summed E-state index contributed by atoms with van der Waals surface area (Å²) in [5, 5.41) is 11.4.